The van der Waals surface area contributed by atoms with Crippen LogP contribution in [0.25, 0.3) is 0 Å². The lowest BCUT2D eigenvalue weighted by Crippen LogP contribution is -2.17. The third kappa shape index (κ3) is 2.44. The molecular formula is C12H12IN3S. The van der Waals surface area contributed by atoms with Crippen molar-refractivity contribution in [1.82, 2.24) is 9.97 Å². The highest BCUT2D eigenvalue weighted by Crippen LogP contribution is 2.34. The van der Waals surface area contributed by atoms with Crippen molar-refractivity contribution in [3.63, 3.8) is 0 Å². The van der Waals surface area contributed by atoms with Crippen molar-refractivity contribution in [2.24, 2.45) is 0 Å². The molecule has 2 heterocycles. The maximum atomic E-state index is 4.30. The van der Waals surface area contributed by atoms with Gasteiger partial charge in [-0.2, -0.15) is 0 Å². The van der Waals surface area contributed by atoms with Gasteiger partial charge in [0, 0.05) is 20.8 Å². The second kappa shape index (κ2) is 4.89. The molecule has 88 valence electrons. The minimum absolute atomic E-state index is 0.380. The minimum Gasteiger partial charge on any atom is -0.347 e. The molecule has 0 fully saturated rings. The molecule has 1 N–H and O–H groups in total. The maximum Gasteiger partial charge on any atom is 0.223 e. The fraction of sp³-hybridized carbons (Fsp3) is 0.333. The Bertz CT molecular complexity index is 509. The highest BCUT2D eigenvalue weighted by Gasteiger charge is 2.21. The Morgan fingerprint density at radius 3 is 3.00 bits per heavy atom. The van der Waals surface area contributed by atoms with Crippen molar-refractivity contribution in [1.29, 1.82) is 0 Å². The predicted octanol–water partition coefficient (Wildman–Crippen LogP) is 3.63. The van der Waals surface area contributed by atoms with E-state index in [1.807, 2.05) is 23.7 Å². The van der Waals surface area contributed by atoms with Gasteiger partial charge in [0.25, 0.3) is 0 Å². The number of aromatic nitrogens is 2. The van der Waals surface area contributed by atoms with Crippen molar-refractivity contribution in [3.8, 4) is 0 Å². The lowest BCUT2D eigenvalue weighted by molar-refractivity contribution is 0.604. The molecule has 0 bridgehead atoms. The first-order valence-corrected chi connectivity index (χ1v) is 7.59. The number of nitrogens with one attached hydrogen (secondary N) is 1. The third-order valence-corrected chi connectivity index (χ3v) is 4.53. The monoisotopic (exact) mass is 357 g/mol. The van der Waals surface area contributed by atoms with Crippen molar-refractivity contribution < 1.29 is 0 Å². The number of fused-ring (bicyclic) bond motifs is 1. The normalized spacial score (nSPS) is 18.8. The summed E-state index contributed by atoms with van der Waals surface area (Å²) < 4.78 is 1.06. The van der Waals surface area contributed by atoms with Crippen LogP contribution in [0.2, 0.25) is 0 Å². The van der Waals surface area contributed by atoms with E-state index >= 15 is 0 Å². The Morgan fingerprint density at radius 1 is 1.35 bits per heavy atom. The molecule has 3 rings (SSSR count). The summed E-state index contributed by atoms with van der Waals surface area (Å²) in [4.78, 5) is 10.1. The van der Waals surface area contributed by atoms with Crippen LogP contribution in [0.1, 0.15) is 29.3 Å². The zero-order valence-electron chi connectivity index (χ0n) is 9.19. The van der Waals surface area contributed by atoms with Gasteiger partial charge in [0.2, 0.25) is 5.95 Å². The van der Waals surface area contributed by atoms with Crippen molar-refractivity contribution in [3.05, 3.63) is 37.9 Å². The van der Waals surface area contributed by atoms with Crippen LogP contribution in [0, 0.1) is 3.57 Å². The van der Waals surface area contributed by atoms with E-state index in [4.69, 9.17) is 0 Å². The van der Waals surface area contributed by atoms with E-state index < -0.39 is 0 Å². The Labute approximate surface area is 118 Å². The van der Waals surface area contributed by atoms with Gasteiger partial charge < -0.3 is 5.32 Å². The minimum atomic E-state index is 0.380. The largest absolute Gasteiger partial charge is 0.347 e. The zero-order valence-corrected chi connectivity index (χ0v) is 12.2. The van der Waals surface area contributed by atoms with E-state index in [2.05, 4.69) is 49.3 Å². The number of halogens is 1. The van der Waals surface area contributed by atoms with Gasteiger partial charge in [-0.15, -0.1) is 11.3 Å². The topological polar surface area (TPSA) is 37.8 Å². The van der Waals surface area contributed by atoms with E-state index in [1.54, 1.807) is 0 Å². The molecular weight excluding hydrogens is 345 g/mol. The summed E-state index contributed by atoms with van der Waals surface area (Å²) in [6.07, 6.45) is 7.31. The van der Waals surface area contributed by atoms with Crippen LogP contribution in [0.3, 0.4) is 0 Å². The van der Waals surface area contributed by atoms with Crippen LogP contribution in [-0.2, 0) is 6.42 Å². The molecule has 0 radical (unpaired) electrons. The first-order chi connectivity index (χ1) is 8.33. The van der Waals surface area contributed by atoms with Gasteiger partial charge in [-0.3, -0.25) is 0 Å². The van der Waals surface area contributed by atoms with Gasteiger partial charge in [-0.05, 0) is 58.9 Å². The number of thiophene rings is 1. The van der Waals surface area contributed by atoms with E-state index in [1.165, 1.54) is 29.7 Å². The molecule has 3 nitrogen and oxygen atoms in total. The van der Waals surface area contributed by atoms with Gasteiger partial charge in [0.05, 0.1) is 6.04 Å². The van der Waals surface area contributed by atoms with Crippen molar-refractivity contribution >= 4 is 39.9 Å². The SMILES string of the molecule is Ic1cnc(NC2CCCc3sccc32)nc1. The van der Waals surface area contributed by atoms with Crippen LogP contribution in [0.15, 0.2) is 23.8 Å². The molecule has 0 saturated carbocycles. The lowest BCUT2D eigenvalue weighted by Gasteiger charge is -2.23. The first-order valence-electron chi connectivity index (χ1n) is 5.63. The summed E-state index contributed by atoms with van der Waals surface area (Å²) in [5.74, 6) is 0.731. The number of anilines is 1. The molecule has 0 amide bonds. The Balaban J connectivity index is 1.81. The zero-order chi connectivity index (χ0) is 11.7. The van der Waals surface area contributed by atoms with E-state index in [9.17, 15) is 0 Å². The summed E-state index contributed by atoms with van der Waals surface area (Å²) in [5.41, 5.74) is 1.43. The molecule has 17 heavy (non-hydrogen) atoms. The fourth-order valence-electron chi connectivity index (χ4n) is 2.18. The van der Waals surface area contributed by atoms with Gasteiger partial charge in [-0.1, -0.05) is 0 Å². The van der Waals surface area contributed by atoms with Crippen LogP contribution in [-0.4, -0.2) is 9.97 Å². The van der Waals surface area contributed by atoms with Crippen LogP contribution >= 0.6 is 33.9 Å². The van der Waals surface area contributed by atoms with Gasteiger partial charge >= 0.3 is 0 Å². The molecule has 0 saturated heterocycles. The van der Waals surface area contributed by atoms with Crippen LogP contribution < -0.4 is 5.32 Å². The van der Waals surface area contributed by atoms with E-state index in [0.717, 1.165) is 9.52 Å². The number of hydrogen-bond acceptors (Lipinski definition) is 4. The molecule has 1 atom stereocenters. The third-order valence-electron chi connectivity index (χ3n) is 2.98. The molecule has 5 heteroatoms. The summed E-state index contributed by atoms with van der Waals surface area (Å²) >= 11 is 4.08. The number of hydrogen-bond donors (Lipinski definition) is 1. The quantitative estimate of drug-likeness (QED) is 0.834. The molecule has 0 spiro atoms. The molecule has 0 aliphatic heterocycles. The number of nitrogens with zero attached hydrogens (tertiary/aromatic N) is 2. The summed E-state index contributed by atoms with van der Waals surface area (Å²) in [7, 11) is 0. The highest BCUT2D eigenvalue weighted by atomic mass is 127. The van der Waals surface area contributed by atoms with Crippen LogP contribution in [0.5, 0.6) is 0 Å². The number of rotatable bonds is 2. The second-order valence-corrected chi connectivity index (χ2v) is 6.36. The Hall–Kier alpha value is -0.690. The summed E-state index contributed by atoms with van der Waals surface area (Å²) in [5, 5.41) is 5.61. The average molecular weight is 357 g/mol. The second-order valence-electron chi connectivity index (χ2n) is 4.11. The fourth-order valence-corrected chi connectivity index (χ4v) is 3.45. The standard InChI is InChI=1S/C12H12IN3S/c13-8-6-14-12(15-7-8)16-10-2-1-3-11-9(10)4-5-17-11/h4-7,10H,1-3H2,(H,14,15,16). The van der Waals surface area contributed by atoms with Gasteiger partial charge in [-0.25, -0.2) is 9.97 Å². The molecule has 1 aliphatic carbocycles. The van der Waals surface area contributed by atoms with Crippen LogP contribution in [0.4, 0.5) is 5.95 Å². The van der Waals surface area contributed by atoms with E-state index in [-0.39, 0.29) is 0 Å². The van der Waals surface area contributed by atoms with Crippen molar-refractivity contribution in [2.75, 3.05) is 5.32 Å². The molecule has 1 aliphatic rings. The predicted molar refractivity (Wildman–Crippen MR) is 78.4 cm³/mol. The first kappa shape index (κ1) is 11.4. The van der Waals surface area contributed by atoms with Gasteiger partial charge in [0.15, 0.2) is 0 Å². The molecule has 1 unspecified atom stereocenters. The molecule has 2 aromatic heterocycles. The number of aryl methyl sites for hydroxylation is 1. The smallest absolute Gasteiger partial charge is 0.223 e. The molecule has 2 aromatic rings. The average Bonchev–Trinajstić information content (AvgIpc) is 2.81. The van der Waals surface area contributed by atoms with E-state index in [0.29, 0.717) is 6.04 Å². The Morgan fingerprint density at radius 2 is 2.18 bits per heavy atom. The lowest BCUT2D eigenvalue weighted by atomic mass is 9.94. The maximum absolute atomic E-state index is 4.30. The molecule has 0 aromatic carbocycles. The summed E-state index contributed by atoms with van der Waals surface area (Å²) in [6, 6.07) is 2.61. The van der Waals surface area contributed by atoms with Gasteiger partial charge in [0.1, 0.15) is 0 Å². The summed E-state index contributed by atoms with van der Waals surface area (Å²) in [6.45, 7) is 0. The Kier molecular flexibility index (Phi) is 3.28. The van der Waals surface area contributed by atoms with Crippen molar-refractivity contribution in [2.45, 2.75) is 25.3 Å². The highest BCUT2D eigenvalue weighted by molar-refractivity contribution is 14.1.